The lowest BCUT2D eigenvalue weighted by Crippen LogP contribution is -2.29. The third-order valence-electron chi connectivity index (χ3n) is 2.75. The Morgan fingerprint density at radius 3 is 2.56 bits per heavy atom. The summed E-state index contributed by atoms with van der Waals surface area (Å²) < 4.78 is 5.36. The fourth-order valence-corrected chi connectivity index (χ4v) is 1.98. The molecular formula is C15H19NO2. The first-order valence-corrected chi connectivity index (χ1v) is 6.31. The van der Waals surface area contributed by atoms with Crippen molar-refractivity contribution >= 4 is 11.7 Å². The number of ether oxygens (including phenoxy) is 1. The van der Waals surface area contributed by atoms with E-state index in [1.165, 1.54) is 0 Å². The van der Waals surface area contributed by atoms with Crippen LogP contribution in [0.5, 0.6) is 0 Å². The van der Waals surface area contributed by atoms with Gasteiger partial charge in [0.2, 0.25) is 0 Å². The van der Waals surface area contributed by atoms with Crippen molar-refractivity contribution in [2.45, 2.75) is 45.3 Å². The van der Waals surface area contributed by atoms with E-state index in [4.69, 9.17) is 4.74 Å². The number of carbonyl (C=O) groups excluding carboxylic acids is 1. The lowest BCUT2D eigenvalue weighted by Gasteiger charge is -2.20. The molecule has 0 fully saturated rings. The van der Waals surface area contributed by atoms with E-state index in [2.05, 4.69) is 4.99 Å². The summed E-state index contributed by atoms with van der Waals surface area (Å²) in [6.45, 7) is 5.63. The predicted octanol–water partition coefficient (Wildman–Crippen LogP) is 2.98. The van der Waals surface area contributed by atoms with Crippen LogP contribution in [0.3, 0.4) is 0 Å². The molecule has 0 unspecified atom stereocenters. The van der Waals surface area contributed by atoms with Gasteiger partial charge in [0.1, 0.15) is 11.6 Å². The zero-order chi connectivity index (χ0) is 13.2. The molecule has 2 rings (SSSR count). The quantitative estimate of drug-likeness (QED) is 0.751. The van der Waals surface area contributed by atoms with Crippen LogP contribution >= 0.6 is 0 Å². The van der Waals surface area contributed by atoms with Gasteiger partial charge in [-0.1, -0.05) is 30.3 Å². The van der Waals surface area contributed by atoms with Crippen LogP contribution in [-0.2, 0) is 9.53 Å². The zero-order valence-electron chi connectivity index (χ0n) is 11.1. The van der Waals surface area contributed by atoms with Gasteiger partial charge in [0.05, 0.1) is 0 Å². The van der Waals surface area contributed by atoms with Crippen LogP contribution in [0.1, 0.15) is 39.2 Å². The minimum atomic E-state index is -0.442. The Bertz CT molecular complexity index is 457. The molecule has 0 amide bonds. The first kappa shape index (κ1) is 12.8. The lowest BCUT2D eigenvalue weighted by molar-refractivity contribution is -0.156. The summed E-state index contributed by atoms with van der Waals surface area (Å²) in [7, 11) is 0. The molecule has 1 aliphatic rings. The second kappa shape index (κ2) is 4.92. The van der Waals surface area contributed by atoms with Crippen LogP contribution < -0.4 is 0 Å². The number of hydrogen-bond acceptors (Lipinski definition) is 3. The minimum absolute atomic E-state index is 0.214. The Hall–Kier alpha value is -1.64. The first-order valence-electron chi connectivity index (χ1n) is 6.31. The SMILES string of the molecule is CC(C)(C)OC(=O)[C@@H]1CCC(c2ccccc2)=N1. The average Bonchev–Trinajstić information content (AvgIpc) is 2.77. The highest BCUT2D eigenvalue weighted by molar-refractivity contribution is 6.03. The van der Waals surface area contributed by atoms with Gasteiger partial charge < -0.3 is 4.74 Å². The zero-order valence-corrected chi connectivity index (χ0v) is 11.1. The maximum absolute atomic E-state index is 11.9. The fraction of sp³-hybridized carbons (Fsp3) is 0.467. The smallest absolute Gasteiger partial charge is 0.331 e. The molecule has 0 saturated heterocycles. The summed E-state index contributed by atoms with van der Waals surface area (Å²) >= 11 is 0. The molecule has 1 aromatic rings. The van der Waals surface area contributed by atoms with Crippen LogP contribution in [0.4, 0.5) is 0 Å². The van der Waals surface area contributed by atoms with Crippen LogP contribution in [0.2, 0.25) is 0 Å². The molecule has 1 atom stereocenters. The predicted molar refractivity (Wildman–Crippen MR) is 71.8 cm³/mol. The van der Waals surface area contributed by atoms with Gasteiger partial charge >= 0.3 is 5.97 Å². The van der Waals surface area contributed by atoms with Crippen molar-refractivity contribution < 1.29 is 9.53 Å². The monoisotopic (exact) mass is 245 g/mol. The van der Waals surface area contributed by atoms with Crippen molar-refractivity contribution in [1.82, 2.24) is 0 Å². The van der Waals surface area contributed by atoms with Crippen molar-refractivity contribution in [3.63, 3.8) is 0 Å². The van der Waals surface area contributed by atoms with E-state index in [0.717, 1.165) is 24.1 Å². The number of nitrogens with zero attached hydrogens (tertiary/aromatic N) is 1. The molecule has 0 aliphatic carbocycles. The molecule has 3 heteroatoms. The van der Waals surface area contributed by atoms with Crippen molar-refractivity contribution in [1.29, 1.82) is 0 Å². The highest BCUT2D eigenvalue weighted by Crippen LogP contribution is 2.21. The van der Waals surface area contributed by atoms with Gasteiger partial charge in [0, 0.05) is 5.71 Å². The summed E-state index contributed by atoms with van der Waals surface area (Å²) in [4.78, 5) is 16.4. The van der Waals surface area contributed by atoms with Crippen LogP contribution in [0, 0.1) is 0 Å². The normalized spacial score (nSPS) is 19.5. The second-order valence-corrected chi connectivity index (χ2v) is 5.53. The molecular weight excluding hydrogens is 226 g/mol. The van der Waals surface area contributed by atoms with E-state index in [0.29, 0.717) is 0 Å². The fourth-order valence-electron chi connectivity index (χ4n) is 1.98. The minimum Gasteiger partial charge on any atom is -0.458 e. The van der Waals surface area contributed by atoms with Gasteiger partial charge in [-0.15, -0.1) is 0 Å². The molecule has 0 saturated carbocycles. The van der Waals surface area contributed by atoms with E-state index in [1.807, 2.05) is 51.1 Å². The third kappa shape index (κ3) is 3.19. The lowest BCUT2D eigenvalue weighted by atomic mass is 10.1. The highest BCUT2D eigenvalue weighted by Gasteiger charge is 2.29. The number of esters is 1. The van der Waals surface area contributed by atoms with E-state index in [-0.39, 0.29) is 12.0 Å². The van der Waals surface area contributed by atoms with E-state index in [1.54, 1.807) is 0 Å². The number of aliphatic imine (C=N–C) groups is 1. The molecule has 0 bridgehead atoms. The molecule has 18 heavy (non-hydrogen) atoms. The number of rotatable bonds is 2. The van der Waals surface area contributed by atoms with Crippen molar-refractivity contribution in [3.05, 3.63) is 35.9 Å². The van der Waals surface area contributed by atoms with Crippen molar-refractivity contribution in [2.24, 2.45) is 4.99 Å². The van der Waals surface area contributed by atoms with Gasteiger partial charge in [-0.3, -0.25) is 4.99 Å². The Labute approximate surface area is 108 Å². The van der Waals surface area contributed by atoms with Gasteiger partial charge in [0.25, 0.3) is 0 Å². The molecule has 1 heterocycles. The van der Waals surface area contributed by atoms with E-state index < -0.39 is 5.60 Å². The number of hydrogen-bond donors (Lipinski definition) is 0. The summed E-state index contributed by atoms with van der Waals surface area (Å²) in [5, 5.41) is 0. The first-order chi connectivity index (χ1) is 8.46. The number of benzene rings is 1. The van der Waals surface area contributed by atoms with Crippen LogP contribution in [0.25, 0.3) is 0 Å². The highest BCUT2D eigenvalue weighted by atomic mass is 16.6. The number of carbonyl (C=O) groups is 1. The molecule has 0 spiro atoms. The average molecular weight is 245 g/mol. The van der Waals surface area contributed by atoms with Crippen molar-refractivity contribution in [3.8, 4) is 0 Å². The van der Waals surface area contributed by atoms with Gasteiger partial charge in [-0.25, -0.2) is 4.79 Å². The second-order valence-electron chi connectivity index (χ2n) is 5.53. The van der Waals surface area contributed by atoms with E-state index in [9.17, 15) is 4.79 Å². The Morgan fingerprint density at radius 2 is 1.94 bits per heavy atom. The van der Waals surface area contributed by atoms with Gasteiger partial charge in [-0.2, -0.15) is 0 Å². The molecule has 96 valence electrons. The molecule has 0 N–H and O–H groups in total. The maximum atomic E-state index is 11.9. The molecule has 1 aliphatic heterocycles. The Morgan fingerprint density at radius 1 is 1.28 bits per heavy atom. The Kier molecular flexibility index (Phi) is 3.50. The Balaban J connectivity index is 2.07. The molecule has 3 nitrogen and oxygen atoms in total. The standard InChI is InChI=1S/C15H19NO2/c1-15(2,3)18-14(17)13-10-9-12(16-13)11-7-5-4-6-8-11/h4-8,13H,9-10H2,1-3H3/t13-/m0/s1. The summed E-state index contributed by atoms with van der Waals surface area (Å²) in [5.41, 5.74) is 1.66. The summed E-state index contributed by atoms with van der Waals surface area (Å²) in [5.74, 6) is -0.214. The maximum Gasteiger partial charge on any atom is 0.331 e. The van der Waals surface area contributed by atoms with Gasteiger partial charge in [0.15, 0.2) is 0 Å². The topological polar surface area (TPSA) is 38.7 Å². The van der Waals surface area contributed by atoms with E-state index >= 15 is 0 Å². The third-order valence-corrected chi connectivity index (χ3v) is 2.75. The largest absolute Gasteiger partial charge is 0.458 e. The molecule has 0 radical (unpaired) electrons. The summed E-state index contributed by atoms with van der Waals surface area (Å²) in [6.07, 6.45) is 1.59. The van der Waals surface area contributed by atoms with Crippen molar-refractivity contribution in [2.75, 3.05) is 0 Å². The summed E-state index contributed by atoms with van der Waals surface area (Å²) in [6, 6.07) is 9.66. The van der Waals surface area contributed by atoms with Crippen LogP contribution in [0.15, 0.2) is 35.3 Å². The molecule has 1 aromatic carbocycles. The molecule has 0 aromatic heterocycles. The van der Waals surface area contributed by atoms with Crippen LogP contribution in [-0.4, -0.2) is 23.3 Å². The van der Waals surface area contributed by atoms with Gasteiger partial charge in [-0.05, 0) is 39.2 Å².